The number of halogens is 2. The summed E-state index contributed by atoms with van der Waals surface area (Å²) < 4.78 is 13.2. The summed E-state index contributed by atoms with van der Waals surface area (Å²) >= 11 is 3.07. The number of hydrazine groups is 1. The summed E-state index contributed by atoms with van der Waals surface area (Å²) in [6.45, 7) is 0. The molecular formula is C8H10BrFN4. The summed E-state index contributed by atoms with van der Waals surface area (Å²) in [6.07, 6.45) is 0. The highest BCUT2D eigenvalue weighted by Crippen LogP contribution is 2.19. The second-order valence-corrected chi connectivity index (χ2v) is 3.32. The fourth-order valence-electron chi connectivity index (χ4n) is 0.867. The van der Waals surface area contributed by atoms with E-state index in [0.717, 1.165) is 0 Å². The van der Waals surface area contributed by atoms with Gasteiger partial charge in [-0.15, -0.1) is 0 Å². The van der Waals surface area contributed by atoms with Gasteiger partial charge in [0.1, 0.15) is 5.82 Å². The molecule has 1 aromatic rings. The predicted octanol–water partition coefficient (Wildman–Crippen LogP) is 1.45. The fraction of sp³-hybridized carbons (Fsp3) is 0.125. The first-order valence-electron chi connectivity index (χ1n) is 3.83. The number of benzene rings is 1. The quantitative estimate of drug-likeness (QED) is 0.310. The van der Waals surface area contributed by atoms with Crippen LogP contribution in [0.4, 0.5) is 10.1 Å². The molecule has 0 atom stereocenters. The molecule has 0 unspecified atom stereocenters. The monoisotopic (exact) mass is 260 g/mol. The van der Waals surface area contributed by atoms with E-state index in [4.69, 9.17) is 5.84 Å². The van der Waals surface area contributed by atoms with Gasteiger partial charge >= 0.3 is 0 Å². The highest BCUT2D eigenvalue weighted by atomic mass is 79.9. The van der Waals surface area contributed by atoms with E-state index in [0.29, 0.717) is 16.1 Å². The van der Waals surface area contributed by atoms with Gasteiger partial charge in [0, 0.05) is 12.7 Å². The van der Waals surface area contributed by atoms with Gasteiger partial charge in [0.05, 0.1) is 4.47 Å². The van der Waals surface area contributed by atoms with Crippen LogP contribution in [0.15, 0.2) is 27.7 Å². The van der Waals surface area contributed by atoms with Crippen molar-refractivity contribution in [1.29, 1.82) is 0 Å². The van der Waals surface area contributed by atoms with E-state index in [1.807, 2.05) is 0 Å². The summed E-state index contributed by atoms with van der Waals surface area (Å²) in [5.74, 6) is 5.26. The van der Waals surface area contributed by atoms with Crippen molar-refractivity contribution in [3.63, 3.8) is 0 Å². The minimum absolute atomic E-state index is 0.314. The zero-order chi connectivity index (χ0) is 10.6. The summed E-state index contributed by atoms with van der Waals surface area (Å²) in [6, 6.07) is 4.52. The van der Waals surface area contributed by atoms with E-state index in [2.05, 4.69) is 31.7 Å². The van der Waals surface area contributed by atoms with Gasteiger partial charge in [0.2, 0.25) is 5.96 Å². The average Bonchev–Trinajstić information content (AvgIpc) is 2.19. The van der Waals surface area contributed by atoms with Gasteiger partial charge in [-0.1, -0.05) is 0 Å². The molecule has 0 fully saturated rings. The largest absolute Gasteiger partial charge is 0.325 e. The number of nitrogens with two attached hydrogens (primary N) is 1. The molecule has 0 saturated heterocycles. The molecule has 0 heterocycles. The minimum atomic E-state index is -0.314. The second kappa shape index (κ2) is 4.92. The van der Waals surface area contributed by atoms with Gasteiger partial charge in [0.15, 0.2) is 0 Å². The van der Waals surface area contributed by atoms with E-state index in [1.54, 1.807) is 19.2 Å². The van der Waals surface area contributed by atoms with Crippen LogP contribution >= 0.6 is 15.9 Å². The molecule has 1 aromatic carbocycles. The van der Waals surface area contributed by atoms with Crippen molar-refractivity contribution < 1.29 is 4.39 Å². The third-order valence-electron chi connectivity index (χ3n) is 1.54. The van der Waals surface area contributed by atoms with Crippen molar-refractivity contribution >= 4 is 27.6 Å². The lowest BCUT2D eigenvalue weighted by molar-refractivity contribution is 0.621. The Hall–Kier alpha value is -1.14. The topological polar surface area (TPSA) is 62.4 Å². The van der Waals surface area contributed by atoms with E-state index in [-0.39, 0.29) is 5.82 Å². The number of nitrogens with one attached hydrogen (secondary N) is 2. The molecule has 6 heteroatoms. The molecule has 1 rings (SSSR count). The van der Waals surface area contributed by atoms with E-state index in [1.165, 1.54) is 6.07 Å². The van der Waals surface area contributed by atoms with Crippen molar-refractivity contribution in [2.24, 2.45) is 10.8 Å². The van der Waals surface area contributed by atoms with Crippen LogP contribution in [0.2, 0.25) is 0 Å². The van der Waals surface area contributed by atoms with Crippen molar-refractivity contribution in [3.8, 4) is 0 Å². The first-order valence-corrected chi connectivity index (χ1v) is 4.62. The van der Waals surface area contributed by atoms with E-state index < -0.39 is 0 Å². The van der Waals surface area contributed by atoms with Crippen LogP contribution in [0.25, 0.3) is 0 Å². The Kier molecular flexibility index (Phi) is 3.84. The van der Waals surface area contributed by atoms with Crippen molar-refractivity contribution in [1.82, 2.24) is 5.43 Å². The number of guanidine groups is 1. The number of aliphatic imine (C=N–C) groups is 1. The minimum Gasteiger partial charge on any atom is -0.325 e. The van der Waals surface area contributed by atoms with Crippen molar-refractivity contribution in [2.45, 2.75) is 0 Å². The molecule has 4 nitrogen and oxygen atoms in total. The van der Waals surface area contributed by atoms with Crippen LogP contribution in [-0.4, -0.2) is 13.0 Å². The molecule has 0 aromatic heterocycles. The van der Waals surface area contributed by atoms with Crippen molar-refractivity contribution in [2.75, 3.05) is 12.4 Å². The number of rotatable bonds is 1. The van der Waals surface area contributed by atoms with Gasteiger partial charge in [-0.05, 0) is 34.1 Å². The number of anilines is 1. The molecule has 14 heavy (non-hydrogen) atoms. The van der Waals surface area contributed by atoms with Gasteiger partial charge in [-0.3, -0.25) is 10.4 Å². The maximum absolute atomic E-state index is 12.9. The highest BCUT2D eigenvalue weighted by Gasteiger charge is 2.01. The molecule has 76 valence electrons. The maximum Gasteiger partial charge on any atom is 0.209 e. The molecule has 0 aliphatic rings. The molecule has 0 amide bonds. The average molecular weight is 261 g/mol. The molecule has 0 aliphatic carbocycles. The van der Waals surface area contributed by atoms with Gasteiger partial charge < -0.3 is 5.32 Å². The van der Waals surface area contributed by atoms with Crippen molar-refractivity contribution in [3.05, 3.63) is 28.5 Å². The summed E-state index contributed by atoms with van der Waals surface area (Å²) in [7, 11) is 1.58. The third kappa shape index (κ3) is 2.68. The number of nitrogens with zero attached hydrogens (tertiary/aromatic N) is 1. The van der Waals surface area contributed by atoms with Gasteiger partial charge in [-0.2, -0.15) is 0 Å². The lowest BCUT2D eigenvalue weighted by atomic mass is 10.3. The molecule has 4 N–H and O–H groups in total. The van der Waals surface area contributed by atoms with Crippen LogP contribution in [0, 0.1) is 5.82 Å². The van der Waals surface area contributed by atoms with Crippen LogP contribution in [-0.2, 0) is 0 Å². The van der Waals surface area contributed by atoms with Crippen LogP contribution < -0.4 is 16.6 Å². The Bertz CT molecular complexity index is 353. The first-order chi connectivity index (χ1) is 6.67. The summed E-state index contributed by atoms with van der Waals surface area (Å²) in [5, 5.41) is 2.86. The van der Waals surface area contributed by atoms with Gasteiger partial charge in [0.25, 0.3) is 0 Å². The number of hydrogen-bond donors (Lipinski definition) is 3. The fourth-order valence-corrected chi connectivity index (χ4v) is 1.25. The first kappa shape index (κ1) is 10.9. The third-order valence-corrected chi connectivity index (χ3v) is 2.15. The Labute approximate surface area is 89.5 Å². The molecule has 0 radical (unpaired) electrons. The standard InChI is InChI=1S/C8H10BrFN4/c1-12-8(14-11)13-5-2-3-7(10)6(9)4-5/h2-4H,11H2,1H3,(H2,12,13,14). The maximum atomic E-state index is 12.9. The van der Waals surface area contributed by atoms with E-state index in [9.17, 15) is 4.39 Å². The number of hydrogen-bond acceptors (Lipinski definition) is 2. The van der Waals surface area contributed by atoms with Gasteiger partial charge in [-0.25, -0.2) is 10.2 Å². The lowest BCUT2D eigenvalue weighted by Gasteiger charge is -2.08. The zero-order valence-corrected chi connectivity index (χ0v) is 9.10. The predicted molar refractivity (Wildman–Crippen MR) is 58.4 cm³/mol. The van der Waals surface area contributed by atoms with E-state index >= 15 is 0 Å². The molecular weight excluding hydrogens is 251 g/mol. The summed E-state index contributed by atoms with van der Waals surface area (Å²) in [5.41, 5.74) is 3.06. The molecule has 0 aliphatic heterocycles. The highest BCUT2D eigenvalue weighted by molar-refractivity contribution is 9.10. The SMILES string of the molecule is CN=C(NN)Nc1ccc(F)c(Br)c1. The Morgan fingerprint density at radius 1 is 1.57 bits per heavy atom. The normalized spacial score (nSPS) is 11.3. The summed E-state index contributed by atoms with van der Waals surface area (Å²) in [4.78, 5) is 3.81. The lowest BCUT2D eigenvalue weighted by Crippen LogP contribution is -2.36. The molecule has 0 saturated carbocycles. The Balaban J connectivity index is 2.82. The van der Waals surface area contributed by atoms with Crippen LogP contribution in [0.5, 0.6) is 0 Å². The Morgan fingerprint density at radius 3 is 2.79 bits per heavy atom. The van der Waals surface area contributed by atoms with Crippen LogP contribution in [0.3, 0.4) is 0 Å². The smallest absolute Gasteiger partial charge is 0.209 e. The molecule has 0 bridgehead atoms. The van der Waals surface area contributed by atoms with Crippen LogP contribution in [0.1, 0.15) is 0 Å². The second-order valence-electron chi connectivity index (χ2n) is 2.47. The Morgan fingerprint density at radius 2 is 2.29 bits per heavy atom. The zero-order valence-electron chi connectivity index (χ0n) is 7.51. The molecule has 0 spiro atoms.